The molecule has 1 aliphatic heterocycles. The Balaban J connectivity index is 0.000000541. The molecule has 0 spiro atoms. The van der Waals surface area contributed by atoms with Crippen molar-refractivity contribution in [2.24, 2.45) is 0 Å². The van der Waals surface area contributed by atoms with E-state index in [2.05, 4.69) is 36.0 Å². The molecule has 1 saturated heterocycles. The third kappa shape index (κ3) is 6.53. The number of fused-ring (bicyclic) bond motifs is 1. The summed E-state index contributed by atoms with van der Waals surface area (Å²) < 4.78 is 48.2. The van der Waals surface area contributed by atoms with E-state index in [-0.39, 0.29) is 23.5 Å². The van der Waals surface area contributed by atoms with Crippen LogP contribution in [0.2, 0.25) is 0 Å². The van der Waals surface area contributed by atoms with E-state index in [9.17, 15) is 22.4 Å². The molecule has 0 aliphatic carbocycles. The average Bonchev–Trinajstić information content (AvgIpc) is 2.93. The highest BCUT2D eigenvalue weighted by Crippen LogP contribution is 2.34. The van der Waals surface area contributed by atoms with Crippen LogP contribution in [0.3, 0.4) is 0 Å². The zero-order valence-electron chi connectivity index (χ0n) is 24.5. The van der Waals surface area contributed by atoms with Gasteiger partial charge in [-0.15, -0.1) is 0 Å². The van der Waals surface area contributed by atoms with Crippen LogP contribution < -0.4 is 15.9 Å². The van der Waals surface area contributed by atoms with Crippen LogP contribution in [0.1, 0.15) is 43.4 Å². The predicted octanol–water partition coefficient (Wildman–Crippen LogP) is 5.76. The predicted molar refractivity (Wildman–Crippen MR) is 157 cm³/mol. The summed E-state index contributed by atoms with van der Waals surface area (Å²) in [5, 5.41) is 11.3. The minimum Gasteiger partial charge on any atom is -0.475 e. The molecule has 3 heterocycles. The molecule has 0 unspecified atom stereocenters. The maximum absolute atomic E-state index is 14.9. The molecule has 0 amide bonds. The van der Waals surface area contributed by atoms with Gasteiger partial charge in [-0.25, -0.2) is 23.5 Å². The summed E-state index contributed by atoms with van der Waals surface area (Å²) in [4.78, 5) is 34.5. The van der Waals surface area contributed by atoms with E-state index >= 15 is 0 Å². The number of halogens is 4. The summed E-state index contributed by atoms with van der Waals surface area (Å²) >= 11 is 0. The van der Waals surface area contributed by atoms with Crippen molar-refractivity contribution in [1.82, 2.24) is 19.9 Å². The first kappa shape index (κ1) is 31.6. The number of aryl methyl sites for hydroxylation is 2. The van der Waals surface area contributed by atoms with Crippen molar-refractivity contribution in [2.45, 2.75) is 52.8 Å². The molecule has 5 rings (SSSR count). The van der Waals surface area contributed by atoms with Crippen LogP contribution in [0.5, 0.6) is 0 Å². The van der Waals surface area contributed by atoms with Gasteiger partial charge in [-0.1, -0.05) is 44.2 Å². The Morgan fingerprint density at radius 1 is 1.07 bits per heavy atom. The van der Waals surface area contributed by atoms with E-state index in [0.717, 1.165) is 47.4 Å². The molecule has 1 fully saturated rings. The van der Waals surface area contributed by atoms with E-state index in [1.807, 2.05) is 38.1 Å². The number of carboxylic acid groups (broad SMARTS) is 1. The number of carbonyl (C=O) groups is 1. The molecule has 0 bridgehead atoms. The highest BCUT2D eigenvalue weighted by molar-refractivity contribution is 5.91. The van der Waals surface area contributed by atoms with Gasteiger partial charge in [0, 0.05) is 31.2 Å². The van der Waals surface area contributed by atoms with Crippen LogP contribution in [0, 0.1) is 19.7 Å². The zero-order chi connectivity index (χ0) is 31.6. The van der Waals surface area contributed by atoms with Crippen molar-refractivity contribution in [2.75, 3.05) is 24.5 Å². The van der Waals surface area contributed by atoms with Crippen LogP contribution >= 0.6 is 0 Å². The van der Waals surface area contributed by atoms with Gasteiger partial charge < -0.3 is 15.3 Å². The topological polar surface area (TPSA) is 100 Å². The number of alkyl halides is 3. The molecular weight excluding hydrogens is 566 g/mol. The summed E-state index contributed by atoms with van der Waals surface area (Å²) in [6.07, 6.45) is -5.08. The second-order valence-corrected chi connectivity index (χ2v) is 10.8. The second-order valence-electron chi connectivity index (χ2n) is 10.8. The van der Waals surface area contributed by atoms with Crippen molar-refractivity contribution in [3.63, 3.8) is 0 Å². The molecular formula is C31H33F4N5O3. The average molecular weight is 600 g/mol. The van der Waals surface area contributed by atoms with E-state index in [1.165, 1.54) is 6.07 Å². The number of para-hydroxylation sites is 1. The summed E-state index contributed by atoms with van der Waals surface area (Å²) in [6.45, 7) is 12.6. The molecule has 2 aromatic carbocycles. The van der Waals surface area contributed by atoms with E-state index in [0.29, 0.717) is 22.7 Å². The minimum absolute atomic E-state index is 0.168. The number of piperazine rings is 1. The van der Waals surface area contributed by atoms with Gasteiger partial charge in [0.15, 0.2) is 5.65 Å². The number of rotatable bonds is 4. The molecule has 1 atom stereocenters. The monoisotopic (exact) mass is 599 g/mol. The Labute approximate surface area is 246 Å². The number of aliphatic carboxylic acids is 1. The van der Waals surface area contributed by atoms with Crippen molar-refractivity contribution >= 4 is 22.8 Å². The van der Waals surface area contributed by atoms with Crippen LogP contribution in [0.25, 0.3) is 28.0 Å². The van der Waals surface area contributed by atoms with Crippen LogP contribution in [0.15, 0.2) is 53.3 Å². The SMILES string of the molecule is Cc1cc2c(N3CCNC[C@@H]3C)nc(=O)n(-c3c(C)cccc3C(C)C)c2nc1-c1ccccc1F.O=C(O)C(F)(F)F. The van der Waals surface area contributed by atoms with E-state index < -0.39 is 12.1 Å². The van der Waals surface area contributed by atoms with E-state index in [4.69, 9.17) is 14.9 Å². The molecule has 1 aliphatic rings. The first-order valence-electron chi connectivity index (χ1n) is 13.8. The van der Waals surface area contributed by atoms with Gasteiger partial charge in [0.2, 0.25) is 0 Å². The lowest BCUT2D eigenvalue weighted by Gasteiger charge is -2.35. The number of benzene rings is 2. The first-order chi connectivity index (χ1) is 20.2. The molecule has 8 nitrogen and oxygen atoms in total. The summed E-state index contributed by atoms with van der Waals surface area (Å²) in [5.74, 6) is -2.28. The molecule has 12 heteroatoms. The van der Waals surface area contributed by atoms with Gasteiger partial charge in [0.05, 0.1) is 16.8 Å². The molecule has 43 heavy (non-hydrogen) atoms. The van der Waals surface area contributed by atoms with Gasteiger partial charge in [-0.05, 0) is 61.6 Å². The van der Waals surface area contributed by atoms with Gasteiger partial charge in [-0.3, -0.25) is 0 Å². The van der Waals surface area contributed by atoms with Gasteiger partial charge in [0.1, 0.15) is 11.6 Å². The Morgan fingerprint density at radius 2 is 1.74 bits per heavy atom. The normalized spacial score (nSPS) is 15.4. The number of nitrogens with one attached hydrogen (secondary N) is 1. The lowest BCUT2D eigenvalue weighted by Crippen LogP contribution is -2.50. The highest BCUT2D eigenvalue weighted by atomic mass is 19.4. The van der Waals surface area contributed by atoms with Crippen molar-refractivity contribution in [3.8, 4) is 16.9 Å². The van der Waals surface area contributed by atoms with Crippen LogP contribution in [-0.4, -0.2) is 57.5 Å². The Kier molecular flexibility index (Phi) is 9.19. The third-order valence-electron chi connectivity index (χ3n) is 7.30. The number of hydrogen-bond donors (Lipinski definition) is 2. The summed E-state index contributed by atoms with van der Waals surface area (Å²) in [7, 11) is 0. The maximum Gasteiger partial charge on any atom is 0.490 e. The lowest BCUT2D eigenvalue weighted by atomic mass is 9.97. The van der Waals surface area contributed by atoms with Crippen molar-refractivity contribution in [1.29, 1.82) is 0 Å². The Morgan fingerprint density at radius 3 is 2.35 bits per heavy atom. The number of anilines is 1. The summed E-state index contributed by atoms with van der Waals surface area (Å²) in [5.41, 5.74) is 4.69. The van der Waals surface area contributed by atoms with Gasteiger partial charge >= 0.3 is 17.8 Å². The molecule has 2 N–H and O–H groups in total. The largest absolute Gasteiger partial charge is 0.490 e. The van der Waals surface area contributed by atoms with Gasteiger partial charge in [0.25, 0.3) is 0 Å². The van der Waals surface area contributed by atoms with Crippen LogP contribution in [0.4, 0.5) is 23.4 Å². The number of aromatic nitrogens is 3. The molecule has 4 aromatic rings. The first-order valence-corrected chi connectivity index (χ1v) is 13.8. The smallest absolute Gasteiger partial charge is 0.475 e. The number of carboxylic acids is 1. The second kappa shape index (κ2) is 12.5. The molecule has 0 radical (unpaired) electrons. The fourth-order valence-electron chi connectivity index (χ4n) is 5.19. The maximum atomic E-state index is 14.9. The molecule has 0 saturated carbocycles. The molecule has 2 aromatic heterocycles. The van der Waals surface area contributed by atoms with Crippen molar-refractivity contribution < 1.29 is 27.5 Å². The number of nitrogens with zero attached hydrogens (tertiary/aromatic N) is 4. The third-order valence-corrected chi connectivity index (χ3v) is 7.30. The van der Waals surface area contributed by atoms with Crippen LogP contribution in [-0.2, 0) is 4.79 Å². The molecule has 228 valence electrons. The van der Waals surface area contributed by atoms with E-state index in [1.54, 1.807) is 22.8 Å². The fraction of sp³-hybridized carbons (Fsp3) is 0.355. The fourth-order valence-corrected chi connectivity index (χ4v) is 5.19. The lowest BCUT2D eigenvalue weighted by molar-refractivity contribution is -0.192. The Bertz CT molecular complexity index is 1720. The Hall–Kier alpha value is -4.32. The van der Waals surface area contributed by atoms with Crippen molar-refractivity contribution in [3.05, 3.63) is 81.5 Å². The summed E-state index contributed by atoms with van der Waals surface area (Å²) in [6, 6.07) is 14.9. The minimum atomic E-state index is -5.08. The highest BCUT2D eigenvalue weighted by Gasteiger charge is 2.38. The standard InChI is InChI=1S/C29H32FN5O.C2HF3O2/c1-17(2)21-11-8-9-18(3)26(21)35-28-23(27(33-29(35)36)34-14-13-31-16-20(34)5)15-19(4)25(32-28)22-10-6-7-12-24(22)30;3-2(4,5)1(6)7/h6-12,15,17,20,31H,13-14,16H2,1-5H3;(H,6,7)/t20-;/m0./s1. The zero-order valence-corrected chi connectivity index (χ0v) is 24.5. The van der Waals surface area contributed by atoms with Gasteiger partial charge in [-0.2, -0.15) is 18.2 Å². The quantitative estimate of drug-likeness (QED) is 0.288. The number of hydrogen-bond acceptors (Lipinski definition) is 6. The number of pyridine rings is 1.